The average molecular weight is 198 g/mol. The first kappa shape index (κ1) is 13.7. The van der Waals surface area contributed by atoms with Crippen molar-refractivity contribution in [3.63, 3.8) is 0 Å². The molecule has 14 heavy (non-hydrogen) atoms. The summed E-state index contributed by atoms with van der Waals surface area (Å²) in [5, 5.41) is 0. The van der Waals surface area contributed by atoms with Gasteiger partial charge in [0.25, 0.3) is 0 Å². The van der Waals surface area contributed by atoms with Crippen molar-refractivity contribution in [3.05, 3.63) is 12.7 Å². The minimum atomic E-state index is 1.16. The van der Waals surface area contributed by atoms with Crippen LogP contribution in [0.15, 0.2) is 12.7 Å². The zero-order valence-corrected chi connectivity index (χ0v) is 10.4. The SMILES string of the molecule is C=CCC[N+](C)(CCCC)CCCC. The van der Waals surface area contributed by atoms with E-state index in [4.69, 9.17) is 0 Å². The Kier molecular flexibility index (Phi) is 7.87. The van der Waals surface area contributed by atoms with E-state index in [2.05, 4.69) is 27.5 Å². The molecule has 0 unspecified atom stereocenters. The van der Waals surface area contributed by atoms with E-state index in [1.165, 1.54) is 49.8 Å². The van der Waals surface area contributed by atoms with Crippen molar-refractivity contribution in [1.29, 1.82) is 0 Å². The Hall–Kier alpha value is -0.300. The molecule has 0 saturated heterocycles. The summed E-state index contributed by atoms with van der Waals surface area (Å²) in [5.74, 6) is 0. The van der Waals surface area contributed by atoms with Gasteiger partial charge < -0.3 is 4.48 Å². The normalized spacial score (nSPS) is 11.6. The van der Waals surface area contributed by atoms with Crippen LogP contribution in [0.1, 0.15) is 46.0 Å². The zero-order chi connectivity index (χ0) is 10.9. The highest BCUT2D eigenvalue weighted by atomic mass is 15.3. The largest absolute Gasteiger partial charge is 0.326 e. The van der Waals surface area contributed by atoms with Crippen molar-refractivity contribution in [1.82, 2.24) is 0 Å². The molecule has 0 N–H and O–H groups in total. The molecule has 0 aromatic heterocycles. The summed E-state index contributed by atoms with van der Waals surface area (Å²) in [4.78, 5) is 0. The third-order valence-corrected chi connectivity index (χ3v) is 2.98. The maximum Gasteiger partial charge on any atom is 0.0819 e. The maximum absolute atomic E-state index is 3.81. The van der Waals surface area contributed by atoms with E-state index in [0.717, 1.165) is 6.42 Å². The highest BCUT2D eigenvalue weighted by Crippen LogP contribution is 2.10. The van der Waals surface area contributed by atoms with Gasteiger partial charge in [0.15, 0.2) is 0 Å². The molecule has 84 valence electrons. The van der Waals surface area contributed by atoms with E-state index in [1.54, 1.807) is 0 Å². The molecule has 0 aromatic carbocycles. The molecule has 0 radical (unpaired) electrons. The Balaban J connectivity index is 3.95. The summed E-state index contributed by atoms with van der Waals surface area (Å²) in [6.45, 7) is 12.3. The van der Waals surface area contributed by atoms with Crippen molar-refractivity contribution in [3.8, 4) is 0 Å². The van der Waals surface area contributed by atoms with Crippen LogP contribution >= 0.6 is 0 Å². The number of hydrogen-bond acceptors (Lipinski definition) is 0. The quantitative estimate of drug-likeness (QED) is 0.392. The van der Waals surface area contributed by atoms with Crippen LogP contribution in [0.25, 0.3) is 0 Å². The van der Waals surface area contributed by atoms with E-state index in [1.807, 2.05) is 6.08 Å². The van der Waals surface area contributed by atoms with Crippen LogP contribution in [0.4, 0.5) is 0 Å². The minimum absolute atomic E-state index is 1.16. The first-order valence-corrected chi connectivity index (χ1v) is 6.13. The smallest absolute Gasteiger partial charge is 0.0819 e. The highest BCUT2D eigenvalue weighted by Gasteiger charge is 2.18. The second kappa shape index (κ2) is 8.05. The van der Waals surface area contributed by atoms with Gasteiger partial charge in [-0.1, -0.05) is 32.8 Å². The van der Waals surface area contributed by atoms with E-state index in [-0.39, 0.29) is 0 Å². The number of quaternary nitrogens is 1. The van der Waals surface area contributed by atoms with E-state index in [9.17, 15) is 0 Å². The predicted molar refractivity (Wildman–Crippen MR) is 65.4 cm³/mol. The van der Waals surface area contributed by atoms with Crippen LogP contribution in [0, 0.1) is 0 Å². The molecular formula is C13H28N+. The number of rotatable bonds is 9. The molecule has 0 fully saturated rings. The molecule has 0 saturated carbocycles. The van der Waals surface area contributed by atoms with Gasteiger partial charge in [-0.05, 0) is 12.8 Å². The Labute approximate surface area is 90.4 Å². The zero-order valence-electron chi connectivity index (χ0n) is 10.4. The lowest BCUT2D eigenvalue weighted by Gasteiger charge is -2.34. The number of hydrogen-bond donors (Lipinski definition) is 0. The lowest BCUT2D eigenvalue weighted by molar-refractivity contribution is -0.909. The van der Waals surface area contributed by atoms with Crippen molar-refractivity contribution < 1.29 is 4.48 Å². The highest BCUT2D eigenvalue weighted by molar-refractivity contribution is 4.65. The van der Waals surface area contributed by atoms with Gasteiger partial charge in [-0.3, -0.25) is 0 Å². The molecule has 0 aliphatic heterocycles. The van der Waals surface area contributed by atoms with Gasteiger partial charge in [0.2, 0.25) is 0 Å². The Morgan fingerprint density at radius 3 is 1.86 bits per heavy atom. The van der Waals surface area contributed by atoms with Gasteiger partial charge in [0.1, 0.15) is 0 Å². The van der Waals surface area contributed by atoms with Crippen molar-refractivity contribution in [2.75, 3.05) is 26.7 Å². The Morgan fingerprint density at radius 1 is 1.00 bits per heavy atom. The monoisotopic (exact) mass is 198 g/mol. The third kappa shape index (κ3) is 6.20. The van der Waals surface area contributed by atoms with Crippen molar-refractivity contribution in [2.45, 2.75) is 46.0 Å². The van der Waals surface area contributed by atoms with Gasteiger partial charge in [0, 0.05) is 6.42 Å². The van der Waals surface area contributed by atoms with Gasteiger partial charge >= 0.3 is 0 Å². The van der Waals surface area contributed by atoms with Crippen LogP contribution < -0.4 is 0 Å². The lowest BCUT2D eigenvalue weighted by Crippen LogP contribution is -2.46. The van der Waals surface area contributed by atoms with Crippen molar-refractivity contribution >= 4 is 0 Å². The molecular weight excluding hydrogens is 170 g/mol. The van der Waals surface area contributed by atoms with Crippen LogP contribution in [0.3, 0.4) is 0 Å². The van der Waals surface area contributed by atoms with Crippen LogP contribution in [0.2, 0.25) is 0 Å². The summed E-state index contributed by atoms with van der Waals surface area (Å²) >= 11 is 0. The van der Waals surface area contributed by atoms with Gasteiger partial charge in [-0.15, -0.1) is 6.58 Å². The lowest BCUT2D eigenvalue weighted by atomic mass is 10.2. The summed E-state index contributed by atoms with van der Waals surface area (Å²) in [6, 6.07) is 0. The summed E-state index contributed by atoms with van der Waals surface area (Å²) < 4.78 is 1.24. The fourth-order valence-corrected chi connectivity index (χ4v) is 1.82. The van der Waals surface area contributed by atoms with Crippen LogP contribution in [-0.2, 0) is 0 Å². The summed E-state index contributed by atoms with van der Waals surface area (Å²) in [6.07, 6.45) is 8.55. The number of unbranched alkanes of at least 4 members (excludes halogenated alkanes) is 2. The second-order valence-corrected chi connectivity index (χ2v) is 4.57. The Bertz CT molecular complexity index is 132. The molecule has 0 aromatic rings. The number of nitrogens with zero attached hydrogens (tertiary/aromatic N) is 1. The average Bonchev–Trinajstić information content (AvgIpc) is 2.21. The van der Waals surface area contributed by atoms with Gasteiger partial charge in [-0.2, -0.15) is 0 Å². The topological polar surface area (TPSA) is 0 Å². The first-order chi connectivity index (χ1) is 6.68. The first-order valence-electron chi connectivity index (χ1n) is 6.13. The standard InChI is InChI=1S/C13H28N/c1-5-8-11-14(4,12-9-6-2)13-10-7-3/h5H,1,6-13H2,2-4H3/q+1. The fraction of sp³-hybridized carbons (Fsp3) is 0.846. The van der Waals surface area contributed by atoms with Gasteiger partial charge in [0.05, 0.1) is 26.7 Å². The predicted octanol–water partition coefficient (Wildman–Crippen LogP) is 3.61. The maximum atomic E-state index is 3.81. The van der Waals surface area contributed by atoms with Crippen LogP contribution in [-0.4, -0.2) is 31.2 Å². The molecule has 0 atom stereocenters. The molecule has 0 heterocycles. The molecule has 0 amide bonds. The molecule has 0 bridgehead atoms. The molecule has 1 nitrogen and oxygen atoms in total. The van der Waals surface area contributed by atoms with Gasteiger partial charge in [-0.25, -0.2) is 0 Å². The van der Waals surface area contributed by atoms with E-state index < -0.39 is 0 Å². The summed E-state index contributed by atoms with van der Waals surface area (Å²) in [5.41, 5.74) is 0. The second-order valence-electron chi connectivity index (χ2n) is 4.57. The molecule has 0 rings (SSSR count). The minimum Gasteiger partial charge on any atom is -0.326 e. The summed E-state index contributed by atoms with van der Waals surface area (Å²) in [7, 11) is 2.40. The molecule has 1 heteroatoms. The van der Waals surface area contributed by atoms with Crippen LogP contribution in [0.5, 0.6) is 0 Å². The van der Waals surface area contributed by atoms with E-state index in [0.29, 0.717) is 0 Å². The third-order valence-electron chi connectivity index (χ3n) is 2.98. The molecule has 0 aliphatic rings. The molecule has 0 spiro atoms. The van der Waals surface area contributed by atoms with E-state index >= 15 is 0 Å². The fourth-order valence-electron chi connectivity index (χ4n) is 1.82. The molecule has 0 aliphatic carbocycles. The Morgan fingerprint density at radius 2 is 1.50 bits per heavy atom. The van der Waals surface area contributed by atoms with Crippen molar-refractivity contribution in [2.24, 2.45) is 0 Å².